The normalized spacial score (nSPS) is 10.5. The molecule has 2 aromatic rings. The van der Waals surface area contributed by atoms with Crippen molar-refractivity contribution < 1.29 is 4.39 Å². The van der Waals surface area contributed by atoms with E-state index in [1.54, 1.807) is 12.1 Å². The van der Waals surface area contributed by atoms with Gasteiger partial charge in [0.25, 0.3) is 0 Å². The molecule has 3 heteroatoms. The molecule has 0 unspecified atom stereocenters. The van der Waals surface area contributed by atoms with Gasteiger partial charge in [0.1, 0.15) is 5.82 Å². The SMILES string of the molecule is Cc1cccc(Cl)c1-c1ccc(F)c(Br)c1. The van der Waals surface area contributed by atoms with Gasteiger partial charge in [0.05, 0.1) is 4.47 Å². The molecule has 0 radical (unpaired) electrons. The zero-order chi connectivity index (χ0) is 11.7. The standard InChI is InChI=1S/C13H9BrClF/c1-8-3-2-4-11(15)13(8)9-5-6-12(16)10(14)7-9/h2-7H,1H3. The van der Waals surface area contributed by atoms with Crippen molar-refractivity contribution in [2.75, 3.05) is 0 Å². The van der Waals surface area contributed by atoms with E-state index >= 15 is 0 Å². The summed E-state index contributed by atoms with van der Waals surface area (Å²) in [7, 11) is 0. The first-order valence-electron chi connectivity index (χ1n) is 4.80. The van der Waals surface area contributed by atoms with Crippen molar-refractivity contribution in [3.8, 4) is 11.1 Å². The topological polar surface area (TPSA) is 0 Å². The molecule has 0 aliphatic rings. The highest BCUT2D eigenvalue weighted by molar-refractivity contribution is 9.10. The van der Waals surface area contributed by atoms with Crippen molar-refractivity contribution in [2.24, 2.45) is 0 Å². The fourth-order valence-electron chi connectivity index (χ4n) is 1.65. The van der Waals surface area contributed by atoms with Crippen LogP contribution in [-0.4, -0.2) is 0 Å². The number of hydrogen-bond acceptors (Lipinski definition) is 0. The fraction of sp³-hybridized carbons (Fsp3) is 0.0769. The summed E-state index contributed by atoms with van der Waals surface area (Å²) >= 11 is 9.32. The van der Waals surface area contributed by atoms with Gasteiger partial charge in [-0.2, -0.15) is 0 Å². The van der Waals surface area contributed by atoms with Gasteiger partial charge in [-0.05, 0) is 52.2 Å². The van der Waals surface area contributed by atoms with E-state index in [2.05, 4.69) is 15.9 Å². The summed E-state index contributed by atoms with van der Waals surface area (Å²) < 4.78 is 13.6. The average molecular weight is 300 g/mol. The Morgan fingerprint density at radius 3 is 2.56 bits per heavy atom. The highest BCUT2D eigenvalue weighted by Gasteiger charge is 2.08. The molecule has 0 bridgehead atoms. The molecule has 0 saturated heterocycles. The van der Waals surface area contributed by atoms with Gasteiger partial charge >= 0.3 is 0 Å². The summed E-state index contributed by atoms with van der Waals surface area (Å²) in [6.07, 6.45) is 0. The van der Waals surface area contributed by atoms with Gasteiger partial charge in [-0.1, -0.05) is 29.8 Å². The first-order chi connectivity index (χ1) is 7.59. The van der Waals surface area contributed by atoms with Crippen molar-refractivity contribution >= 4 is 27.5 Å². The highest BCUT2D eigenvalue weighted by atomic mass is 79.9. The first-order valence-corrected chi connectivity index (χ1v) is 5.97. The van der Waals surface area contributed by atoms with Crippen LogP contribution in [0.4, 0.5) is 4.39 Å². The summed E-state index contributed by atoms with van der Waals surface area (Å²) in [5, 5.41) is 0.679. The molecule has 2 rings (SSSR count). The lowest BCUT2D eigenvalue weighted by molar-refractivity contribution is 0.621. The van der Waals surface area contributed by atoms with Gasteiger partial charge in [0, 0.05) is 10.6 Å². The Morgan fingerprint density at radius 1 is 1.19 bits per heavy atom. The molecule has 0 heterocycles. The summed E-state index contributed by atoms with van der Waals surface area (Å²) in [6.45, 7) is 1.98. The maximum absolute atomic E-state index is 13.1. The number of aryl methyl sites for hydroxylation is 1. The van der Waals surface area contributed by atoms with Crippen molar-refractivity contribution in [3.05, 3.63) is 57.3 Å². The van der Waals surface area contributed by atoms with Crippen LogP contribution in [0.15, 0.2) is 40.9 Å². The minimum Gasteiger partial charge on any atom is -0.206 e. The third-order valence-electron chi connectivity index (χ3n) is 2.43. The molecule has 0 N–H and O–H groups in total. The minimum atomic E-state index is -0.270. The van der Waals surface area contributed by atoms with Crippen molar-refractivity contribution in [3.63, 3.8) is 0 Å². The summed E-state index contributed by atoms with van der Waals surface area (Å²) in [5.74, 6) is -0.270. The second kappa shape index (κ2) is 4.56. The van der Waals surface area contributed by atoms with Crippen molar-refractivity contribution in [1.29, 1.82) is 0 Å². The van der Waals surface area contributed by atoms with E-state index < -0.39 is 0 Å². The molecule has 0 aromatic heterocycles. The van der Waals surface area contributed by atoms with Gasteiger partial charge in [0.2, 0.25) is 0 Å². The fourth-order valence-corrected chi connectivity index (χ4v) is 2.36. The predicted octanol–water partition coefficient (Wildman–Crippen LogP) is 5.22. The lowest BCUT2D eigenvalue weighted by Gasteiger charge is -2.09. The average Bonchev–Trinajstić information content (AvgIpc) is 2.23. The second-order valence-electron chi connectivity index (χ2n) is 3.56. The van der Waals surface area contributed by atoms with E-state index in [0.29, 0.717) is 9.50 Å². The monoisotopic (exact) mass is 298 g/mol. The van der Waals surface area contributed by atoms with Crippen LogP contribution >= 0.6 is 27.5 Å². The van der Waals surface area contributed by atoms with E-state index in [9.17, 15) is 4.39 Å². The van der Waals surface area contributed by atoms with E-state index in [4.69, 9.17) is 11.6 Å². The van der Waals surface area contributed by atoms with Crippen LogP contribution in [0.25, 0.3) is 11.1 Å². The lowest BCUT2D eigenvalue weighted by Crippen LogP contribution is -1.86. The largest absolute Gasteiger partial charge is 0.206 e. The van der Waals surface area contributed by atoms with E-state index in [1.807, 2.05) is 25.1 Å². The predicted molar refractivity (Wildman–Crippen MR) is 69.3 cm³/mol. The molecule has 0 spiro atoms. The smallest absolute Gasteiger partial charge is 0.137 e. The Bertz CT molecular complexity index is 517. The van der Waals surface area contributed by atoms with Crippen LogP contribution in [0.3, 0.4) is 0 Å². The Balaban J connectivity index is 2.63. The summed E-state index contributed by atoms with van der Waals surface area (Å²) in [5.41, 5.74) is 2.94. The van der Waals surface area contributed by atoms with E-state index in [-0.39, 0.29) is 5.82 Å². The molecule has 0 atom stereocenters. The van der Waals surface area contributed by atoms with Crippen LogP contribution < -0.4 is 0 Å². The van der Waals surface area contributed by atoms with Crippen molar-refractivity contribution in [2.45, 2.75) is 6.92 Å². The van der Waals surface area contributed by atoms with Crippen LogP contribution in [0.5, 0.6) is 0 Å². The van der Waals surface area contributed by atoms with Gasteiger partial charge in [-0.3, -0.25) is 0 Å². The second-order valence-corrected chi connectivity index (χ2v) is 4.82. The number of hydrogen-bond donors (Lipinski definition) is 0. The Hall–Kier alpha value is -0.860. The zero-order valence-electron chi connectivity index (χ0n) is 8.60. The van der Waals surface area contributed by atoms with Crippen LogP contribution in [0, 0.1) is 12.7 Å². The molecule has 2 aromatic carbocycles. The molecule has 82 valence electrons. The van der Waals surface area contributed by atoms with Crippen molar-refractivity contribution in [1.82, 2.24) is 0 Å². The van der Waals surface area contributed by atoms with Crippen LogP contribution in [-0.2, 0) is 0 Å². The van der Waals surface area contributed by atoms with Crippen LogP contribution in [0.2, 0.25) is 5.02 Å². The van der Waals surface area contributed by atoms with Gasteiger partial charge < -0.3 is 0 Å². The summed E-state index contributed by atoms with van der Waals surface area (Å²) in [6, 6.07) is 10.6. The number of benzene rings is 2. The Labute approximate surface area is 107 Å². The van der Waals surface area contributed by atoms with E-state index in [1.165, 1.54) is 6.07 Å². The first kappa shape index (κ1) is 11.6. The molecule has 0 fully saturated rings. The van der Waals surface area contributed by atoms with Gasteiger partial charge in [-0.15, -0.1) is 0 Å². The maximum atomic E-state index is 13.1. The Kier molecular flexibility index (Phi) is 3.31. The molecule has 0 amide bonds. The minimum absolute atomic E-state index is 0.270. The number of halogens is 3. The molecule has 0 aliphatic carbocycles. The molecule has 0 aliphatic heterocycles. The molecule has 0 saturated carbocycles. The quantitative estimate of drug-likeness (QED) is 0.677. The van der Waals surface area contributed by atoms with E-state index in [0.717, 1.165) is 16.7 Å². The molecular formula is C13H9BrClF. The Morgan fingerprint density at radius 2 is 1.94 bits per heavy atom. The van der Waals surface area contributed by atoms with Crippen LogP contribution in [0.1, 0.15) is 5.56 Å². The summed E-state index contributed by atoms with van der Waals surface area (Å²) in [4.78, 5) is 0. The van der Waals surface area contributed by atoms with Gasteiger partial charge in [0.15, 0.2) is 0 Å². The van der Waals surface area contributed by atoms with Gasteiger partial charge in [-0.25, -0.2) is 4.39 Å². The zero-order valence-corrected chi connectivity index (χ0v) is 10.9. The maximum Gasteiger partial charge on any atom is 0.137 e. The third-order valence-corrected chi connectivity index (χ3v) is 3.35. The number of rotatable bonds is 1. The molecular weight excluding hydrogens is 290 g/mol. The molecule has 16 heavy (non-hydrogen) atoms. The molecule has 0 nitrogen and oxygen atoms in total. The highest BCUT2D eigenvalue weighted by Crippen LogP contribution is 2.33. The third kappa shape index (κ3) is 2.13. The lowest BCUT2D eigenvalue weighted by atomic mass is 10.0.